The number of aryl methyl sites for hydroxylation is 4. The number of aromatic nitrogens is 4. The molecule has 4 nitrogen and oxygen atoms in total. The number of rotatable bonds is 3. The normalized spacial score (nSPS) is 11.2. The maximum absolute atomic E-state index is 4.53. The zero-order chi connectivity index (χ0) is 15.0. The molecular weight excluding hydrogens is 280 g/mol. The van der Waals surface area contributed by atoms with Gasteiger partial charge in [0.1, 0.15) is 0 Å². The molecule has 0 bridgehead atoms. The van der Waals surface area contributed by atoms with Gasteiger partial charge in [0.25, 0.3) is 5.78 Å². The number of nitrogens with zero attached hydrogens (tertiary/aromatic N) is 4. The SMILES string of the molecule is Cc1ccc(C)c(CSc2nc3nc(C)cc(C)n3n2)c1. The zero-order valence-electron chi connectivity index (χ0n) is 12.7. The van der Waals surface area contributed by atoms with Crippen LogP contribution in [0.1, 0.15) is 28.1 Å². The van der Waals surface area contributed by atoms with Gasteiger partial charge in [-0.25, -0.2) is 9.50 Å². The van der Waals surface area contributed by atoms with Crippen molar-refractivity contribution in [1.82, 2.24) is 19.6 Å². The second-order valence-electron chi connectivity index (χ2n) is 5.36. The van der Waals surface area contributed by atoms with Gasteiger partial charge in [-0.15, -0.1) is 5.10 Å². The zero-order valence-corrected chi connectivity index (χ0v) is 13.5. The molecule has 5 heteroatoms. The Hall–Kier alpha value is -1.88. The Kier molecular flexibility index (Phi) is 3.68. The van der Waals surface area contributed by atoms with E-state index in [0.29, 0.717) is 5.78 Å². The Balaban J connectivity index is 1.85. The maximum atomic E-state index is 4.53. The van der Waals surface area contributed by atoms with Crippen LogP contribution in [-0.4, -0.2) is 19.6 Å². The summed E-state index contributed by atoms with van der Waals surface area (Å²) in [5, 5.41) is 5.30. The molecule has 0 N–H and O–H groups in total. The molecule has 0 aliphatic carbocycles. The molecule has 0 amide bonds. The first-order valence-corrected chi connectivity index (χ1v) is 7.91. The lowest BCUT2D eigenvalue weighted by atomic mass is 10.1. The van der Waals surface area contributed by atoms with Crippen LogP contribution in [0.4, 0.5) is 0 Å². The number of hydrogen-bond acceptors (Lipinski definition) is 4. The summed E-state index contributed by atoms with van der Waals surface area (Å²) in [6.07, 6.45) is 0. The van der Waals surface area contributed by atoms with Crippen LogP contribution in [0.25, 0.3) is 5.78 Å². The van der Waals surface area contributed by atoms with Crippen molar-refractivity contribution in [3.8, 4) is 0 Å². The summed E-state index contributed by atoms with van der Waals surface area (Å²) in [5.74, 6) is 1.55. The smallest absolute Gasteiger partial charge is 0.216 e. The van der Waals surface area contributed by atoms with E-state index < -0.39 is 0 Å². The fourth-order valence-corrected chi connectivity index (χ4v) is 3.19. The van der Waals surface area contributed by atoms with Gasteiger partial charge in [0.15, 0.2) is 0 Å². The molecule has 0 spiro atoms. The van der Waals surface area contributed by atoms with Crippen LogP contribution in [0.2, 0.25) is 0 Å². The van der Waals surface area contributed by atoms with Gasteiger partial charge in [0.05, 0.1) is 0 Å². The highest BCUT2D eigenvalue weighted by Gasteiger charge is 2.09. The summed E-state index contributed by atoms with van der Waals surface area (Å²) < 4.78 is 1.80. The minimum absolute atomic E-state index is 0.677. The minimum atomic E-state index is 0.677. The number of thioether (sulfide) groups is 1. The number of benzene rings is 1. The molecule has 0 unspecified atom stereocenters. The van der Waals surface area contributed by atoms with E-state index in [4.69, 9.17) is 0 Å². The van der Waals surface area contributed by atoms with E-state index >= 15 is 0 Å². The Morgan fingerprint density at radius 3 is 2.67 bits per heavy atom. The molecule has 3 aromatic rings. The van der Waals surface area contributed by atoms with Gasteiger partial charge in [0.2, 0.25) is 5.16 Å². The van der Waals surface area contributed by atoms with Gasteiger partial charge in [0, 0.05) is 17.1 Å². The van der Waals surface area contributed by atoms with Crippen molar-refractivity contribution in [3.05, 3.63) is 52.3 Å². The standard InChI is InChI=1S/C16H18N4S/c1-10-5-6-11(2)14(7-10)9-21-16-18-15-17-12(3)8-13(4)20(15)19-16/h5-8H,9H2,1-4H3. The van der Waals surface area contributed by atoms with E-state index in [9.17, 15) is 0 Å². The van der Waals surface area contributed by atoms with Crippen LogP contribution >= 0.6 is 11.8 Å². The molecule has 0 radical (unpaired) electrons. The Morgan fingerprint density at radius 2 is 1.86 bits per heavy atom. The summed E-state index contributed by atoms with van der Waals surface area (Å²) in [5.41, 5.74) is 5.95. The first-order valence-electron chi connectivity index (χ1n) is 6.93. The van der Waals surface area contributed by atoms with Crippen molar-refractivity contribution in [2.75, 3.05) is 0 Å². The van der Waals surface area contributed by atoms with E-state index in [2.05, 4.69) is 47.1 Å². The molecule has 2 heterocycles. The Morgan fingerprint density at radius 1 is 1.05 bits per heavy atom. The molecular formula is C16H18N4S. The lowest BCUT2D eigenvalue weighted by molar-refractivity contribution is 0.843. The van der Waals surface area contributed by atoms with Gasteiger partial charge < -0.3 is 0 Å². The second-order valence-corrected chi connectivity index (χ2v) is 6.31. The van der Waals surface area contributed by atoms with Gasteiger partial charge in [-0.1, -0.05) is 35.5 Å². The topological polar surface area (TPSA) is 43.1 Å². The summed E-state index contributed by atoms with van der Waals surface area (Å²) in [4.78, 5) is 8.93. The predicted octanol–water partition coefficient (Wildman–Crippen LogP) is 3.65. The van der Waals surface area contributed by atoms with Gasteiger partial charge in [-0.3, -0.25) is 0 Å². The summed E-state index contributed by atoms with van der Waals surface area (Å²) in [6.45, 7) is 8.26. The third kappa shape index (κ3) is 2.93. The van der Waals surface area contributed by atoms with E-state index in [1.807, 2.05) is 19.9 Å². The van der Waals surface area contributed by atoms with Crippen LogP contribution < -0.4 is 0 Å². The molecule has 0 fully saturated rings. The highest BCUT2D eigenvalue weighted by molar-refractivity contribution is 7.98. The van der Waals surface area contributed by atoms with Crippen molar-refractivity contribution in [1.29, 1.82) is 0 Å². The average Bonchev–Trinajstić information content (AvgIpc) is 2.83. The van der Waals surface area contributed by atoms with E-state index in [-0.39, 0.29) is 0 Å². The molecule has 0 saturated heterocycles. The Labute approximate surface area is 128 Å². The van der Waals surface area contributed by atoms with Crippen molar-refractivity contribution >= 4 is 17.5 Å². The van der Waals surface area contributed by atoms with Gasteiger partial charge in [-0.05, 0) is 44.9 Å². The first-order chi connectivity index (χ1) is 10.0. The molecule has 0 aliphatic rings. The summed E-state index contributed by atoms with van der Waals surface area (Å²) in [6, 6.07) is 8.55. The van der Waals surface area contributed by atoms with E-state index in [0.717, 1.165) is 22.3 Å². The van der Waals surface area contributed by atoms with Crippen LogP contribution in [0, 0.1) is 27.7 Å². The van der Waals surface area contributed by atoms with Crippen molar-refractivity contribution in [2.45, 2.75) is 38.6 Å². The number of fused-ring (bicyclic) bond motifs is 1. The van der Waals surface area contributed by atoms with E-state index in [1.54, 1.807) is 16.3 Å². The third-order valence-electron chi connectivity index (χ3n) is 3.46. The summed E-state index contributed by atoms with van der Waals surface area (Å²) >= 11 is 1.65. The van der Waals surface area contributed by atoms with E-state index in [1.165, 1.54) is 16.7 Å². The molecule has 0 atom stereocenters. The van der Waals surface area contributed by atoms with Gasteiger partial charge >= 0.3 is 0 Å². The molecule has 0 saturated carbocycles. The second kappa shape index (κ2) is 5.48. The summed E-state index contributed by atoms with van der Waals surface area (Å²) in [7, 11) is 0. The van der Waals surface area contributed by atoms with Crippen LogP contribution in [-0.2, 0) is 5.75 Å². The lowest BCUT2D eigenvalue weighted by Crippen LogP contribution is -1.97. The molecule has 108 valence electrons. The highest BCUT2D eigenvalue weighted by Crippen LogP contribution is 2.23. The molecule has 0 aliphatic heterocycles. The Bertz CT molecular complexity index is 807. The maximum Gasteiger partial charge on any atom is 0.253 e. The minimum Gasteiger partial charge on any atom is -0.216 e. The fraction of sp³-hybridized carbons (Fsp3) is 0.312. The lowest BCUT2D eigenvalue weighted by Gasteiger charge is -2.04. The largest absolute Gasteiger partial charge is 0.253 e. The number of hydrogen-bond donors (Lipinski definition) is 0. The molecule has 3 rings (SSSR count). The molecule has 2 aromatic heterocycles. The predicted molar refractivity (Wildman–Crippen MR) is 85.7 cm³/mol. The van der Waals surface area contributed by atoms with Crippen LogP contribution in [0.5, 0.6) is 0 Å². The fourth-order valence-electron chi connectivity index (χ4n) is 2.31. The first kappa shape index (κ1) is 14.1. The molecule has 1 aromatic carbocycles. The van der Waals surface area contributed by atoms with Crippen molar-refractivity contribution in [2.24, 2.45) is 0 Å². The van der Waals surface area contributed by atoms with Gasteiger partial charge in [-0.2, -0.15) is 4.98 Å². The quantitative estimate of drug-likeness (QED) is 0.692. The third-order valence-corrected chi connectivity index (χ3v) is 4.35. The highest BCUT2D eigenvalue weighted by atomic mass is 32.2. The van der Waals surface area contributed by atoms with Crippen molar-refractivity contribution in [3.63, 3.8) is 0 Å². The average molecular weight is 298 g/mol. The van der Waals surface area contributed by atoms with Crippen LogP contribution in [0.3, 0.4) is 0 Å². The molecule has 21 heavy (non-hydrogen) atoms. The monoisotopic (exact) mass is 298 g/mol. The van der Waals surface area contributed by atoms with Crippen LogP contribution in [0.15, 0.2) is 29.4 Å². The van der Waals surface area contributed by atoms with Crippen molar-refractivity contribution < 1.29 is 0 Å².